The summed E-state index contributed by atoms with van der Waals surface area (Å²) in [5.41, 5.74) is 9.11. The Balaban J connectivity index is 1.82. The van der Waals surface area contributed by atoms with Crippen molar-refractivity contribution >= 4 is 23.1 Å². The van der Waals surface area contributed by atoms with Crippen molar-refractivity contribution in [3.8, 4) is 17.0 Å². The quantitative estimate of drug-likeness (QED) is 0.436. The number of carbonyl (C=O) groups excluding carboxylic acids is 1. The van der Waals surface area contributed by atoms with Crippen LogP contribution in [0.5, 0.6) is 5.75 Å². The molecule has 0 atom stereocenters. The summed E-state index contributed by atoms with van der Waals surface area (Å²) in [5, 5.41) is 13.3. The second kappa shape index (κ2) is 11.0. The van der Waals surface area contributed by atoms with Gasteiger partial charge in [-0.2, -0.15) is 0 Å². The molecule has 0 aliphatic heterocycles. The minimum absolute atomic E-state index is 0.00449. The summed E-state index contributed by atoms with van der Waals surface area (Å²) in [6.45, 7) is 9.07. The summed E-state index contributed by atoms with van der Waals surface area (Å²) in [7, 11) is 1.75. The van der Waals surface area contributed by atoms with Crippen LogP contribution < -0.4 is 16.0 Å². The lowest BCUT2D eigenvalue weighted by Crippen LogP contribution is -2.35. The molecule has 180 valence electrons. The van der Waals surface area contributed by atoms with Crippen LogP contribution in [0.4, 0.5) is 21.6 Å². The molecule has 0 unspecified atom stereocenters. The number of rotatable bonds is 9. The van der Waals surface area contributed by atoms with Crippen molar-refractivity contribution in [1.82, 2.24) is 15.2 Å². The largest absolute Gasteiger partial charge is 0.507 e. The van der Waals surface area contributed by atoms with Gasteiger partial charge in [0.2, 0.25) is 0 Å². The third-order valence-corrected chi connectivity index (χ3v) is 5.89. The van der Waals surface area contributed by atoms with Crippen LogP contribution in [-0.4, -0.2) is 54.1 Å². The molecule has 2 aromatic carbocycles. The molecule has 3 rings (SSSR count). The van der Waals surface area contributed by atoms with Gasteiger partial charge in [0, 0.05) is 31.4 Å². The molecule has 7 nitrogen and oxygen atoms in total. The zero-order valence-electron chi connectivity index (χ0n) is 20.1. The first-order chi connectivity index (χ1) is 16.2. The van der Waals surface area contributed by atoms with Crippen molar-refractivity contribution in [2.75, 3.05) is 43.9 Å². The van der Waals surface area contributed by atoms with Crippen molar-refractivity contribution in [2.24, 2.45) is 0 Å². The van der Waals surface area contributed by atoms with E-state index in [0.29, 0.717) is 29.2 Å². The second-order valence-electron chi connectivity index (χ2n) is 8.13. The van der Waals surface area contributed by atoms with E-state index in [-0.39, 0.29) is 28.9 Å². The number of aromatic nitrogens is 1. The fraction of sp³-hybridized carbons (Fsp3) is 0.308. The third kappa shape index (κ3) is 5.63. The molecule has 3 aromatic rings. The maximum absolute atomic E-state index is 14.5. The highest BCUT2D eigenvalue weighted by Crippen LogP contribution is 2.35. The molecule has 0 fully saturated rings. The molecule has 4 N–H and O–H groups in total. The van der Waals surface area contributed by atoms with E-state index in [1.165, 1.54) is 12.1 Å². The number of nitrogens with zero attached hydrogens (tertiary/aromatic N) is 3. The fourth-order valence-corrected chi connectivity index (χ4v) is 3.74. The van der Waals surface area contributed by atoms with Crippen LogP contribution in [0.1, 0.15) is 29.8 Å². The Morgan fingerprint density at radius 1 is 1.12 bits per heavy atom. The number of amides is 1. The number of likely N-dealkylation sites (N-methyl/N-ethyl adjacent to an activating group) is 1. The first kappa shape index (κ1) is 25.0. The number of anilines is 3. The van der Waals surface area contributed by atoms with Crippen LogP contribution in [0.15, 0.2) is 48.5 Å². The molecule has 0 saturated carbocycles. The third-order valence-electron chi connectivity index (χ3n) is 5.89. The Kier molecular flexibility index (Phi) is 8.07. The van der Waals surface area contributed by atoms with Crippen LogP contribution in [0, 0.1) is 12.7 Å². The monoisotopic (exact) mass is 465 g/mol. The van der Waals surface area contributed by atoms with E-state index < -0.39 is 0 Å². The zero-order valence-corrected chi connectivity index (χ0v) is 20.1. The maximum Gasteiger partial charge on any atom is 0.255 e. The van der Waals surface area contributed by atoms with Crippen molar-refractivity contribution in [1.29, 1.82) is 0 Å². The van der Waals surface area contributed by atoms with Gasteiger partial charge in [-0.15, -0.1) is 0 Å². The number of hydrogen-bond donors (Lipinski definition) is 3. The SMILES string of the molecule is CCN(CC)CCNC(=O)c1ccc(-c2cc(N(C)c3ccc(C)cc3F)ccc2O)nc1N. The lowest BCUT2D eigenvalue weighted by atomic mass is 10.1. The predicted molar refractivity (Wildman–Crippen MR) is 135 cm³/mol. The molecule has 34 heavy (non-hydrogen) atoms. The van der Waals surface area contributed by atoms with Crippen LogP contribution in [0.3, 0.4) is 0 Å². The van der Waals surface area contributed by atoms with E-state index in [0.717, 1.165) is 25.2 Å². The number of pyridine rings is 1. The number of nitrogens with one attached hydrogen (secondary N) is 1. The van der Waals surface area contributed by atoms with Crippen molar-refractivity contribution in [3.63, 3.8) is 0 Å². The second-order valence-corrected chi connectivity index (χ2v) is 8.13. The van der Waals surface area contributed by atoms with Gasteiger partial charge in [0.05, 0.1) is 16.9 Å². The van der Waals surface area contributed by atoms with E-state index in [1.54, 1.807) is 42.3 Å². The number of carbonyl (C=O) groups is 1. The summed E-state index contributed by atoms with van der Waals surface area (Å²) in [5.74, 6) is -0.558. The maximum atomic E-state index is 14.5. The molecule has 8 heteroatoms. The lowest BCUT2D eigenvalue weighted by Gasteiger charge is -2.21. The Morgan fingerprint density at radius 3 is 2.50 bits per heavy atom. The van der Waals surface area contributed by atoms with E-state index in [1.807, 2.05) is 13.0 Å². The number of halogens is 1. The average Bonchev–Trinajstić information content (AvgIpc) is 2.81. The number of benzene rings is 2. The molecule has 1 heterocycles. The zero-order chi connectivity index (χ0) is 24.8. The summed E-state index contributed by atoms with van der Waals surface area (Å²) in [6, 6.07) is 13.2. The number of aryl methyl sites for hydroxylation is 1. The molecule has 1 amide bonds. The van der Waals surface area contributed by atoms with E-state index in [2.05, 4.69) is 29.0 Å². The first-order valence-electron chi connectivity index (χ1n) is 11.4. The highest BCUT2D eigenvalue weighted by atomic mass is 19.1. The minimum atomic E-state index is -0.337. The number of phenols is 1. The summed E-state index contributed by atoms with van der Waals surface area (Å²) in [6.07, 6.45) is 0. The van der Waals surface area contributed by atoms with Gasteiger partial charge in [-0.25, -0.2) is 9.37 Å². The molecular weight excluding hydrogens is 433 g/mol. The van der Waals surface area contributed by atoms with Crippen molar-refractivity contribution < 1.29 is 14.3 Å². The van der Waals surface area contributed by atoms with Crippen LogP contribution in [-0.2, 0) is 0 Å². The van der Waals surface area contributed by atoms with E-state index >= 15 is 0 Å². The van der Waals surface area contributed by atoms with Crippen LogP contribution in [0.25, 0.3) is 11.3 Å². The van der Waals surface area contributed by atoms with Crippen LogP contribution in [0.2, 0.25) is 0 Å². The smallest absolute Gasteiger partial charge is 0.255 e. The van der Waals surface area contributed by atoms with Gasteiger partial charge < -0.3 is 26.0 Å². The number of nitrogen functional groups attached to an aromatic ring is 1. The molecule has 0 spiro atoms. The Morgan fingerprint density at radius 2 is 1.85 bits per heavy atom. The Hall–Kier alpha value is -3.65. The van der Waals surface area contributed by atoms with Gasteiger partial charge in [0.15, 0.2) is 0 Å². The van der Waals surface area contributed by atoms with Gasteiger partial charge in [0.25, 0.3) is 5.91 Å². The molecular formula is C26H32FN5O2. The molecule has 0 radical (unpaired) electrons. The molecule has 0 aliphatic carbocycles. The van der Waals surface area contributed by atoms with Gasteiger partial charge in [-0.05, 0) is 68.0 Å². The summed E-state index contributed by atoms with van der Waals surface area (Å²) >= 11 is 0. The minimum Gasteiger partial charge on any atom is -0.507 e. The number of nitrogens with two attached hydrogens (primary N) is 1. The van der Waals surface area contributed by atoms with Crippen molar-refractivity contribution in [3.05, 3.63) is 65.5 Å². The average molecular weight is 466 g/mol. The van der Waals surface area contributed by atoms with E-state index in [9.17, 15) is 14.3 Å². The molecule has 1 aromatic heterocycles. The van der Waals surface area contributed by atoms with Crippen LogP contribution >= 0.6 is 0 Å². The summed E-state index contributed by atoms with van der Waals surface area (Å²) < 4.78 is 14.5. The molecule has 0 saturated heterocycles. The fourth-order valence-electron chi connectivity index (χ4n) is 3.74. The van der Waals surface area contributed by atoms with Gasteiger partial charge in [-0.1, -0.05) is 19.9 Å². The molecule has 0 bridgehead atoms. The Labute approximate surface area is 200 Å². The first-order valence-corrected chi connectivity index (χ1v) is 11.4. The van der Waals surface area contributed by atoms with Gasteiger partial charge >= 0.3 is 0 Å². The Bertz CT molecular complexity index is 1160. The van der Waals surface area contributed by atoms with Gasteiger partial charge in [0.1, 0.15) is 17.4 Å². The number of hydrogen-bond acceptors (Lipinski definition) is 6. The van der Waals surface area contributed by atoms with Crippen molar-refractivity contribution in [2.45, 2.75) is 20.8 Å². The standard InChI is InChI=1S/C26H32FN5O2/c1-5-32(6-2)14-13-29-26(34)19-9-10-22(30-25(19)28)20-16-18(8-12-24(20)33)31(4)23-11-7-17(3)15-21(23)27/h7-12,15-16,33H,5-6,13-14H2,1-4H3,(H2,28,30)(H,29,34). The lowest BCUT2D eigenvalue weighted by molar-refractivity contribution is 0.0949. The number of aromatic hydroxyl groups is 1. The highest BCUT2D eigenvalue weighted by Gasteiger charge is 2.16. The summed E-state index contributed by atoms with van der Waals surface area (Å²) in [4.78, 5) is 20.8. The van der Waals surface area contributed by atoms with E-state index in [4.69, 9.17) is 5.73 Å². The highest BCUT2D eigenvalue weighted by molar-refractivity contribution is 5.98. The number of phenolic OH excluding ortho intramolecular Hbond substituents is 1. The topological polar surface area (TPSA) is 94.7 Å². The molecule has 0 aliphatic rings. The predicted octanol–water partition coefficient (Wildman–Crippen LogP) is 4.32. The van der Waals surface area contributed by atoms with Gasteiger partial charge in [-0.3, -0.25) is 4.79 Å². The normalized spacial score (nSPS) is 11.0.